The molecule has 0 spiro atoms. The highest BCUT2D eigenvalue weighted by atomic mass is 31.2. The van der Waals surface area contributed by atoms with Crippen LogP contribution in [0.5, 0.6) is 0 Å². The molecule has 0 amide bonds. The van der Waals surface area contributed by atoms with E-state index in [4.69, 9.17) is 37.0 Å². The number of aliphatic hydroxyl groups is 1. The van der Waals surface area contributed by atoms with Crippen molar-refractivity contribution in [1.82, 2.24) is 0 Å². The Kier molecular flexibility index (Phi) is 61.8. The molecule has 90 heavy (non-hydrogen) atoms. The third-order valence-corrected chi connectivity index (χ3v) is 18.4. The van der Waals surface area contributed by atoms with Gasteiger partial charge in [-0.15, -0.1) is 0 Å². The molecular formula is C71H138O17P2. The molecule has 0 saturated heterocycles. The topological polar surface area (TPSA) is 237 Å². The summed E-state index contributed by atoms with van der Waals surface area (Å²) in [5.41, 5.74) is 0. The van der Waals surface area contributed by atoms with E-state index in [0.29, 0.717) is 25.7 Å². The van der Waals surface area contributed by atoms with Gasteiger partial charge in [-0.2, -0.15) is 0 Å². The van der Waals surface area contributed by atoms with Gasteiger partial charge in [0.05, 0.1) is 26.4 Å². The first-order chi connectivity index (χ1) is 43.4. The lowest BCUT2D eigenvalue weighted by molar-refractivity contribution is -0.161. The van der Waals surface area contributed by atoms with Crippen molar-refractivity contribution in [3.05, 3.63) is 0 Å². The molecule has 0 fully saturated rings. The van der Waals surface area contributed by atoms with Crippen molar-refractivity contribution >= 4 is 39.5 Å². The standard InChI is InChI=1S/C71H138O17P2/c1-7-9-11-13-15-17-18-19-20-21-22-23-24-25-30-37-43-49-55-70(75)87-67(60-82-69(74)54-48-42-36-29-27-26-28-33-39-45-51-63(3)4)62-86-90(79,80)84-58-65(72)57-83-89(77,78)85-61-66(59-81-68(73)53-47-41-35-16-14-12-10-8-2)88-71(76)56-50-44-38-32-31-34-40-46-52-64(5)6/h63-67,72H,7-62H2,1-6H3,(H,77,78)(H,79,80)/t65-,66+,67+/m0/s1. The maximum atomic E-state index is 13.0. The summed E-state index contributed by atoms with van der Waals surface area (Å²) in [6.45, 7) is 9.48. The van der Waals surface area contributed by atoms with Gasteiger partial charge in [0.15, 0.2) is 12.2 Å². The second-order valence-corrected chi connectivity index (χ2v) is 29.5. The molecule has 0 aromatic rings. The summed E-state index contributed by atoms with van der Waals surface area (Å²) in [5.74, 6) is -0.650. The van der Waals surface area contributed by atoms with Gasteiger partial charge in [0.1, 0.15) is 19.3 Å². The predicted molar refractivity (Wildman–Crippen MR) is 363 cm³/mol. The summed E-state index contributed by atoms with van der Waals surface area (Å²) in [6.07, 6.45) is 48.7. The highest BCUT2D eigenvalue weighted by Crippen LogP contribution is 2.45. The number of carbonyl (C=O) groups excluding carboxylic acids is 4. The largest absolute Gasteiger partial charge is 0.472 e. The summed E-state index contributed by atoms with van der Waals surface area (Å²) >= 11 is 0. The smallest absolute Gasteiger partial charge is 0.462 e. The van der Waals surface area contributed by atoms with E-state index in [-0.39, 0.29) is 25.7 Å². The van der Waals surface area contributed by atoms with E-state index in [2.05, 4.69) is 41.5 Å². The molecular weight excluding hydrogens is 1190 g/mol. The fourth-order valence-electron chi connectivity index (χ4n) is 10.8. The molecule has 0 radical (unpaired) electrons. The monoisotopic (exact) mass is 1320 g/mol. The Bertz CT molecular complexity index is 1750. The molecule has 2 unspecified atom stereocenters. The van der Waals surface area contributed by atoms with Gasteiger partial charge in [0.2, 0.25) is 0 Å². The van der Waals surface area contributed by atoms with E-state index in [1.807, 2.05) is 0 Å². The third kappa shape index (κ3) is 64.8. The number of esters is 4. The fraction of sp³-hybridized carbons (Fsp3) is 0.944. The van der Waals surface area contributed by atoms with E-state index in [9.17, 15) is 43.2 Å². The minimum atomic E-state index is -4.95. The van der Waals surface area contributed by atoms with Crippen LogP contribution in [0.3, 0.4) is 0 Å². The molecule has 0 aliphatic heterocycles. The van der Waals surface area contributed by atoms with Crippen molar-refractivity contribution in [2.45, 2.75) is 381 Å². The number of phosphoric ester groups is 2. The number of phosphoric acid groups is 2. The van der Waals surface area contributed by atoms with Crippen LogP contribution in [-0.4, -0.2) is 96.7 Å². The first-order valence-electron chi connectivity index (χ1n) is 37.0. The molecule has 17 nitrogen and oxygen atoms in total. The van der Waals surface area contributed by atoms with Crippen molar-refractivity contribution < 1.29 is 80.2 Å². The van der Waals surface area contributed by atoms with Gasteiger partial charge in [-0.05, 0) is 37.5 Å². The number of aliphatic hydroxyl groups excluding tert-OH is 1. The maximum Gasteiger partial charge on any atom is 0.472 e. The van der Waals surface area contributed by atoms with Gasteiger partial charge in [-0.3, -0.25) is 37.3 Å². The van der Waals surface area contributed by atoms with Crippen LogP contribution >= 0.6 is 15.6 Å². The first-order valence-corrected chi connectivity index (χ1v) is 40.0. The molecule has 0 aromatic heterocycles. The Morgan fingerprint density at radius 3 is 0.756 bits per heavy atom. The molecule has 0 aromatic carbocycles. The Morgan fingerprint density at radius 2 is 0.511 bits per heavy atom. The lowest BCUT2D eigenvalue weighted by Gasteiger charge is -2.21. The Hall–Kier alpha value is -1.94. The van der Waals surface area contributed by atoms with E-state index in [0.717, 1.165) is 108 Å². The molecule has 0 rings (SSSR count). The van der Waals surface area contributed by atoms with Gasteiger partial charge in [0.25, 0.3) is 0 Å². The first kappa shape index (κ1) is 88.1. The second-order valence-electron chi connectivity index (χ2n) is 26.6. The van der Waals surface area contributed by atoms with Gasteiger partial charge in [0, 0.05) is 25.7 Å². The Morgan fingerprint density at radius 1 is 0.300 bits per heavy atom. The number of ether oxygens (including phenoxy) is 4. The molecule has 0 bridgehead atoms. The van der Waals surface area contributed by atoms with Crippen LogP contribution in [0, 0.1) is 11.8 Å². The van der Waals surface area contributed by atoms with Crippen molar-refractivity contribution in [2.75, 3.05) is 39.6 Å². The fourth-order valence-corrected chi connectivity index (χ4v) is 12.3. The highest BCUT2D eigenvalue weighted by Gasteiger charge is 2.30. The Balaban J connectivity index is 5.21. The molecule has 0 aliphatic rings. The summed E-state index contributed by atoms with van der Waals surface area (Å²) in [6, 6.07) is 0. The molecule has 0 saturated carbocycles. The number of hydrogen-bond donors (Lipinski definition) is 3. The van der Waals surface area contributed by atoms with Crippen molar-refractivity contribution in [2.24, 2.45) is 11.8 Å². The van der Waals surface area contributed by atoms with Crippen molar-refractivity contribution in [3.63, 3.8) is 0 Å². The Labute approximate surface area is 549 Å². The molecule has 5 atom stereocenters. The summed E-state index contributed by atoms with van der Waals surface area (Å²) in [4.78, 5) is 72.5. The lowest BCUT2D eigenvalue weighted by Crippen LogP contribution is -2.30. The minimum Gasteiger partial charge on any atom is -0.462 e. The van der Waals surface area contributed by atoms with Crippen LogP contribution < -0.4 is 0 Å². The SMILES string of the molecule is CCCCCCCCCCCCCCCCCCCCC(=O)O[C@H](COC(=O)CCCCCCCCCCCCC(C)C)COP(=O)(O)OC[C@@H](O)COP(=O)(O)OC[C@@H](COC(=O)CCCCCCCCCC)OC(=O)CCCCCCCCCCC(C)C. The molecule has 19 heteroatoms. The van der Waals surface area contributed by atoms with Gasteiger partial charge < -0.3 is 33.8 Å². The number of hydrogen-bond acceptors (Lipinski definition) is 15. The molecule has 534 valence electrons. The van der Waals surface area contributed by atoms with Crippen LogP contribution in [0.4, 0.5) is 0 Å². The zero-order valence-electron chi connectivity index (χ0n) is 58.4. The van der Waals surface area contributed by atoms with Gasteiger partial charge >= 0.3 is 39.5 Å². The number of rotatable bonds is 70. The summed E-state index contributed by atoms with van der Waals surface area (Å²) in [5, 5.41) is 10.6. The van der Waals surface area contributed by atoms with Crippen LogP contribution in [0.2, 0.25) is 0 Å². The average Bonchev–Trinajstić information content (AvgIpc) is 3.63. The van der Waals surface area contributed by atoms with Crippen LogP contribution in [-0.2, 0) is 65.4 Å². The van der Waals surface area contributed by atoms with Gasteiger partial charge in [-0.25, -0.2) is 9.13 Å². The summed E-state index contributed by atoms with van der Waals surface area (Å²) in [7, 11) is -9.90. The number of carbonyl (C=O) groups is 4. The third-order valence-electron chi connectivity index (χ3n) is 16.5. The van der Waals surface area contributed by atoms with Crippen molar-refractivity contribution in [1.29, 1.82) is 0 Å². The maximum absolute atomic E-state index is 13.0. The number of unbranched alkanes of at least 4 members (excludes halogenated alkanes) is 40. The van der Waals surface area contributed by atoms with E-state index >= 15 is 0 Å². The molecule has 0 heterocycles. The van der Waals surface area contributed by atoms with E-state index < -0.39 is 97.5 Å². The zero-order chi connectivity index (χ0) is 66.5. The highest BCUT2D eigenvalue weighted by molar-refractivity contribution is 7.47. The minimum absolute atomic E-state index is 0.104. The lowest BCUT2D eigenvalue weighted by atomic mass is 10.0. The van der Waals surface area contributed by atoms with E-state index in [1.165, 1.54) is 173 Å². The van der Waals surface area contributed by atoms with Gasteiger partial charge in [-0.1, -0.05) is 311 Å². The zero-order valence-corrected chi connectivity index (χ0v) is 60.2. The average molecular weight is 1330 g/mol. The molecule has 3 N–H and O–H groups in total. The normalized spacial score (nSPS) is 14.1. The van der Waals surface area contributed by atoms with E-state index in [1.54, 1.807) is 0 Å². The van der Waals surface area contributed by atoms with Crippen LogP contribution in [0.25, 0.3) is 0 Å². The van der Waals surface area contributed by atoms with Crippen LogP contribution in [0.15, 0.2) is 0 Å². The second kappa shape index (κ2) is 63.1. The van der Waals surface area contributed by atoms with Crippen LogP contribution in [0.1, 0.15) is 363 Å². The summed E-state index contributed by atoms with van der Waals surface area (Å²) < 4.78 is 68.2. The van der Waals surface area contributed by atoms with Crippen molar-refractivity contribution in [3.8, 4) is 0 Å². The molecule has 0 aliphatic carbocycles. The quantitative estimate of drug-likeness (QED) is 0.0222. The predicted octanol–water partition coefficient (Wildman–Crippen LogP) is 20.4.